The van der Waals surface area contributed by atoms with Gasteiger partial charge in [0.1, 0.15) is 35.6 Å². The number of likely N-dealkylation sites (tertiary alicyclic amines) is 2. The highest BCUT2D eigenvalue weighted by atomic mass is 35.5. The lowest BCUT2D eigenvalue weighted by Crippen LogP contribution is -2.51. The first-order chi connectivity index (χ1) is 24.6. The Kier molecular flexibility index (Phi) is 11.6. The average Bonchev–Trinajstić information content (AvgIpc) is 3.48. The van der Waals surface area contributed by atoms with Gasteiger partial charge in [0.25, 0.3) is 0 Å². The van der Waals surface area contributed by atoms with Gasteiger partial charge in [-0.15, -0.1) is 5.10 Å². The lowest BCUT2D eigenvalue weighted by Gasteiger charge is -2.44. The second kappa shape index (κ2) is 15.8. The number of carbonyl (C=O) groups is 2. The van der Waals surface area contributed by atoms with E-state index in [0.717, 1.165) is 58.3 Å². The van der Waals surface area contributed by atoms with Crippen molar-refractivity contribution in [1.82, 2.24) is 30.0 Å². The predicted molar refractivity (Wildman–Crippen MR) is 201 cm³/mol. The Balaban J connectivity index is 1.06. The van der Waals surface area contributed by atoms with Crippen molar-refractivity contribution in [2.24, 2.45) is 11.8 Å². The fraction of sp³-hybridized carbons (Fsp3) is 0.568. The number of ether oxygens (including phenoxy) is 1. The molecule has 0 spiro atoms. The molecule has 1 aromatic carbocycles. The van der Waals surface area contributed by atoms with Crippen LogP contribution in [0.4, 0.5) is 21.7 Å². The van der Waals surface area contributed by atoms with Crippen molar-refractivity contribution in [1.29, 1.82) is 0 Å². The highest BCUT2D eigenvalue weighted by molar-refractivity contribution is 6.74. The molecule has 3 aromatic rings. The van der Waals surface area contributed by atoms with Crippen molar-refractivity contribution in [2.45, 2.75) is 89.8 Å². The van der Waals surface area contributed by atoms with E-state index >= 15 is 0 Å². The van der Waals surface area contributed by atoms with Crippen LogP contribution in [0.2, 0.25) is 23.2 Å². The number of carbonyl (C=O) groups excluding carboxylic acids is 2. The van der Waals surface area contributed by atoms with Gasteiger partial charge in [-0.2, -0.15) is 5.10 Å². The number of anilines is 3. The maximum Gasteiger partial charge on any atom is 0.309 e. The average molecular weight is 753 g/mol. The molecule has 2 aliphatic heterocycles. The Morgan fingerprint density at radius 1 is 1.00 bits per heavy atom. The van der Waals surface area contributed by atoms with E-state index in [-0.39, 0.29) is 47.0 Å². The molecule has 0 radical (unpaired) electrons. The second-order valence-electron chi connectivity index (χ2n) is 15.9. The first-order valence-corrected chi connectivity index (χ1v) is 21.4. The fourth-order valence-corrected chi connectivity index (χ4v) is 7.74. The van der Waals surface area contributed by atoms with Crippen LogP contribution in [0, 0.1) is 17.7 Å². The van der Waals surface area contributed by atoms with Gasteiger partial charge in [-0.05, 0) is 94.6 Å². The minimum atomic E-state index is -2.13. The quantitative estimate of drug-likeness (QED) is 0.161. The molecule has 2 saturated heterocycles. The maximum atomic E-state index is 14.8. The highest BCUT2D eigenvalue weighted by Crippen LogP contribution is 2.38. The molecule has 1 amide bonds. The van der Waals surface area contributed by atoms with Crippen LogP contribution in [-0.2, 0) is 25.4 Å². The van der Waals surface area contributed by atoms with Crippen molar-refractivity contribution in [3.05, 3.63) is 53.2 Å². The van der Waals surface area contributed by atoms with Crippen molar-refractivity contribution in [3.63, 3.8) is 0 Å². The summed E-state index contributed by atoms with van der Waals surface area (Å²) in [5.74, 6) is -0.0211. The van der Waals surface area contributed by atoms with Crippen LogP contribution in [0.5, 0.6) is 0 Å². The zero-order chi connectivity index (χ0) is 37.2. The Morgan fingerprint density at radius 2 is 1.73 bits per heavy atom. The van der Waals surface area contributed by atoms with E-state index in [0.29, 0.717) is 39.8 Å². The molecule has 3 fully saturated rings. The summed E-state index contributed by atoms with van der Waals surface area (Å²) >= 11 is 6.18. The van der Waals surface area contributed by atoms with Gasteiger partial charge in [0, 0.05) is 41.7 Å². The Morgan fingerprint density at radius 3 is 2.42 bits per heavy atom. The maximum absolute atomic E-state index is 14.8. The number of halogens is 2. The molecule has 52 heavy (non-hydrogen) atoms. The van der Waals surface area contributed by atoms with Gasteiger partial charge in [0.15, 0.2) is 8.32 Å². The molecule has 6 rings (SSSR count). The minimum absolute atomic E-state index is 0.0128. The Hall–Kier alpha value is -3.56. The van der Waals surface area contributed by atoms with E-state index in [9.17, 15) is 14.0 Å². The van der Waals surface area contributed by atoms with Gasteiger partial charge in [-0.1, -0.05) is 32.4 Å². The summed E-state index contributed by atoms with van der Waals surface area (Å²) in [4.78, 5) is 39.2. The number of hydrogen-bond donors (Lipinski definition) is 2. The van der Waals surface area contributed by atoms with Crippen molar-refractivity contribution < 1.29 is 23.1 Å². The van der Waals surface area contributed by atoms with E-state index in [4.69, 9.17) is 20.8 Å². The van der Waals surface area contributed by atoms with Crippen LogP contribution in [0.1, 0.15) is 58.6 Å². The Bertz CT molecular complexity index is 1760. The van der Waals surface area contributed by atoms with Gasteiger partial charge in [-0.25, -0.2) is 14.4 Å². The first kappa shape index (κ1) is 38.2. The van der Waals surface area contributed by atoms with Gasteiger partial charge < -0.3 is 29.6 Å². The normalized spacial score (nSPS) is 21.8. The summed E-state index contributed by atoms with van der Waals surface area (Å²) in [6.45, 7) is 14.4. The highest BCUT2D eigenvalue weighted by Gasteiger charge is 2.41. The number of rotatable bonds is 11. The number of piperidine rings is 1. The van der Waals surface area contributed by atoms with E-state index < -0.39 is 14.1 Å². The van der Waals surface area contributed by atoms with Gasteiger partial charge >= 0.3 is 5.97 Å². The van der Waals surface area contributed by atoms with Crippen LogP contribution in [0.3, 0.4) is 0 Å². The second-order valence-corrected chi connectivity index (χ2v) is 21.2. The molecule has 2 N–H and O–H groups in total. The van der Waals surface area contributed by atoms with E-state index in [1.54, 1.807) is 12.1 Å². The van der Waals surface area contributed by atoms with Crippen LogP contribution < -0.4 is 10.6 Å². The molecular weight excluding hydrogens is 703 g/mol. The summed E-state index contributed by atoms with van der Waals surface area (Å²) in [6.07, 6.45) is 5.39. The van der Waals surface area contributed by atoms with E-state index in [1.165, 1.54) is 24.5 Å². The van der Waals surface area contributed by atoms with E-state index in [1.807, 2.05) is 0 Å². The monoisotopic (exact) mass is 752 g/mol. The number of likely N-dealkylation sites (N-methyl/N-ethyl adjacent to an activating group) is 1. The molecule has 1 saturated carbocycles. The lowest BCUT2D eigenvalue weighted by atomic mass is 9.77. The van der Waals surface area contributed by atoms with E-state index in [2.05, 4.69) is 81.5 Å². The molecule has 280 valence electrons. The number of nitrogens with one attached hydrogen (secondary N) is 2. The van der Waals surface area contributed by atoms with Crippen molar-refractivity contribution >= 4 is 49.1 Å². The molecule has 15 heteroatoms. The number of esters is 1. The fourth-order valence-electron chi connectivity index (χ4n) is 6.63. The van der Waals surface area contributed by atoms with Gasteiger partial charge in [0.05, 0.1) is 23.9 Å². The zero-order valence-corrected chi connectivity index (χ0v) is 32.7. The lowest BCUT2D eigenvalue weighted by molar-refractivity contribution is -0.155. The summed E-state index contributed by atoms with van der Waals surface area (Å²) < 4.78 is 27.1. The predicted octanol–water partition coefficient (Wildman–Crippen LogP) is 6.67. The largest absolute Gasteiger partial charge is 0.461 e. The number of aromatic nitrogens is 4. The molecule has 2 aromatic heterocycles. The summed E-state index contributed by atoms with van der Waals surface area (Å²) in [6, 6.07) is 7.95. The molecule has 0 unspecified atom stereocenters. The Labute approximate surface area is 311 Å². The molecule has 1 atom stereocenters. The minimum Gasteiger partial charge on any atom is -0.461 e. The van der Waals surface area contributed by atoms with Crippen LogP contribution in [-0.4, -0.2) is 95.5 Å². The standard InChI is InChI=1S/C37H50ClFN8O4Si/c1-37(2,3)52(5,6)50-21-32-31(18-30(44-45-32)28-17-25(38)7-8-29(28)39)42-33-19-34(41-22-40-33)43-35(48)24-15-26(16-24)47-13-9-23(10-14-47)36(49)51-27-11-12-46(4)20-27/h7-8,17-19,22-24,26-27H,9-16,20-21H2,1-6H3,(H2,40,41,42,43,44,48)/t24?,26?,27-/m1/s1. The van der Waals surface area contributed by atoms with Gasteiger partial charge in [0.2, 0.25) is 5.91 Å². The summed E-state index contributed by atoms with van der Waals surface area (Å²) in [7, 11) is -0.0842. The van der Waals surface area contributed by atoms with Crippen LogP contribution in [0.25, 0.3) is 11.3 Å². The van der Waals surface area contributed by atoms with Crippen LogP contribution in [0.15, 0.2) is 36.7 Å². The third-order valence-electron chi connectivity index (χ3n) is 11.1. The first-order valence-electron chi connectivity index (χ1n) is 18.1. The van der Waals surface area contributed by atoms with Crippen molar-refractivity contribution in [2.75, 3.05) is 43.9 Å². The van der Waals surface area contributed by atoms with Gasteiger partial charge in [-0.3, -0.25) is 9.59 Å². The third-order valence-corrected chi connectivity index (χ3v) is 15.8. The molecular formula is C37H50ClFN8O4Si. The molecule has 0 bridgehead atoms. The van der Waals surface area contributed by atoms with Crippen molar-refractivity contribution in [3.8, 4) is 11.3 Å². The number of benzene rings is 1. The zero-order valence-electron chi connectivity index (χ0n) is 30.9. The molecule has 1 aliphatic carbocycles. The third kappa shape index (κ3) is 9.14. The molecule has 3 aliphatic rings. The molecule has 12 nitrogen and oxygen atoms in total. The number of amides is 1. The summed E-state index contributed by atoms with van der Waals surface area (Å²) in [5, 5.41) is 15.3. The molecule has 4 heterocycles. The number of hydrogen-bond acceptors (Lipinski definition) is 11. The smallest absolute Gasteiger partial charge is 0.309 e. The van der Waals surface area contributed by atoms with Crippen LogP contribution >= 0.6 is 11.6 Å². The topological polar surface area (TPSA) is 135 Å². The SMILES string of the molecule is CN1CC[C@@H](OC(=O)C2CCN(C3CC(C(=O)Nc4cc(Nc5cc(-c6cc(Cl)ccc6F)nnc5CO[Si](C)(C)C(C)(C)C)ncn4)C3)CC2)C1. The summed E-state index contributed by atoms with van der Waals surface area (Å²) in [5.41, 5.74) is 1.57. The number of nitrogens with zero attached hydrogens (tertiary/aromatic N) is 6.